The van der Waals surface area contributed by atoms with Crippen molar-refractivity contribution in [1.82, 2.24) is 0 Å². The summed E-state index contributed by atoms with van der Waals surface area (Å²) in [5, 5.41) is 11.6. The fourth-order valence-electron chi connectivity index (χ4n) is 6.23. The number of allylic oxidation sites excluding steroid dienone is 2. The summed E-state index contributed by atoms with van der Waals surface area (Å²) in [7, 11) is 0. The fourth-order valence-corrected chi connectivity index (χ4v) is 6.23. The van der Waals surface area contributed by atoms with Gasteiger partial charge < -0.3 is 19.3 Å². The Kier molecular flexibility index (Phi) is 7.43. The number of hydrogen-bond donors (Lipinski definition) is 1. The van der Waals surface area contributed by atoms with Crippen molar-refractivity contribution in [3.8, 4) is 0 Å². The van der Waals surface area contributed by atoms with Gasteiger partial charge in [0, 0.05) is 26.3 Å². The first-order valence-electron chi connectivity index (χ1n) is 11.7. The van der Waals surface area contributed by atoms with Crippen LogP contribution in [0.5, 0.6) is 0 Å². The predicted molar refractivity (Wildman–Crippen MR) is 123 cm³/mol. The minimum absolute atomic E-state index is 0.0822. The van der Waals surface area contributed by atoms with Crippen LogP contribution in [0.4, 0.5) is 0 Å². The molecule has 0 radical (unpaired) electrons. The molecule has 1 N–H and O–H groups in total. The number of esters is 3. The highest BCUT2D eigenvalue weighted by atomic mass is 16.8. The molecule has 8 nitrogen and oxygen atoms in total. The monoisotopic (exact) mass is 476 g/mol. The van der Waals surface area contributed by atoms with E-state index in [4.69, 9.17) is 18.9 Å². The third-order valence-electron chi connectivity index (χ3n) is 7.99. The molecule has 2 aliphatic carbocycles. The van der Waals surface area contributed by atoms with Crippen molar-refractivity contribution >= 4 is 17.9 Å². The lowest BCUT2D eigenvalue weighted by atomic mass is 9.45. The van der Waals surface area contributed by atoms with Crippen molar-refractivity contribution in [2.75, 3.05) is 0 Å². The van der Waals surface area contributed by atoms with Gasteiger partial charge in [0.25, 0.3) is 0 Å². The minimum atomic E-state index is -1.17. The van der Waals surface area contributed by atoms with Gasteiger partial charge in [0.05, 0.1) is 11.5 Å². The van der Waals surface area contributed by atoms with E-state index in [0.29, 0.717) is 24.8 Å². The summed E-state index contributed by atoms with van der Waals surface area (Å²) in [6.07, 6.45) is 1.79. The first-order valence-corrected chi connectivity index (χ1v) is 11.7. The Morgan fingerprint density at radius 2 is 1.76 bits per heavy atom. The lowest BCUT2D eigenvalue weighted by molar-refractivity contribution is -0.254. The molecule has 188 valence electrons. The summed E-state index contributed by atoms with van der Waals surface area (Å²) < 4.78 is 22.7. The highest BCUT2D eigenvalue weighted by Gasteiger charge is 2.71. The smallest absolute Gasteiger partial charge is 0.305 e. The van der Waals surface area contributed by atoms with Crippen molar-refractivity contribution in [1.29, 1.82) is 0 Å². The molecular weight excluding hydrogens is 440 g/mol. The third kappa shape index (κ3) is 4.45. The molecule has 0 aromatic heterocycles. The normalized spacial score (nSPS) is 38.6. The molecule has 1 aliphatic heterocycles. The Morgan fingerprint density at radius 3 is 2.32 bits per heavy atom. The van der Waals surface area contributed by atoms with Gasteiger partial charge in [-0.15, -0.1) is 0 Å². The average Bonchev–Trinajstić information content (AvgIpc) is 3.02. The SMILES string of the molecule is C=CC(=C)CC[C@]1(C)[C@H](C)C[C@H](O)[C@@]23C(=C[C@@H](OC(C)=O)C[C@@H]12)[C@@H](OC(C)=O)O[C@H]3OC(C)=O. The van der Waals surface area contributed by atoms with Crippen molar-refractivity contribution in [3.63, 3.8) is 0 Å². The predicted octanol–water partition coefficient (Wildman–Crippen LogP) is 3.59. The average molecular weight is 477 g/mol. The van der Waals surface area contributed by atoms with Gasteiger partial charge in [0.2, 0.25) is 12.6 Å². The Hall–Kier alpha value is -2.45. The Labute approximate surface area is 201 Å². The maximum atomic E-state index is 12.1. The second-order valence-electron chi connectivity index (χ2n) is 10.0. The Morgan fingerprint density at radius 1 is 1.15 bits per heavy atom. The lowest BCUT2D eigenvalue weighted by Crippen LogP contribution is -2.63. The van der Waals surface area contributed by atoms with E-state index in [0.717, 1.165) is 12.0 Å². The standard InChI is InChI=1S/C26H36O8/c1-8-14(2)9-10-25(7)15(3)11-22(30)26-20(12-19(13-21(25)26)31-16(4)27)23(32-17(5)28)34-24(26)33-18(6)29/h8,12,15,19,21-24,30H,1-2,9-11,13H2,3-7H3/t15-,19-,21+,22+,23+,24-,25-,26-/m1/s1. The molecule has 2 fully saturated rings. The number of carbonyl (C=O) groups excluding carboxylic acids is 3. The zero-order chi connectivity index (χ0) is 25.4. The van der Waals surface area contributed by atoms with Crippen LogP contribution < -0.4 is 0 Å². The summed E-state index contributed by atoms with van der Waals surface area (Å²) in [6.45, 7) is 16.0. The first kappa shape index (κ1) is 26.2. The van der Waals surface area contributed by atoms with E-state index >= 15 is 0 Å². The molecule has 3 rings (SSSR count). The van der Waals surface area contributed by atoms with Crippen LogP contribution in [0, 0.1) is 22.7 Å². The fraction of sp³-hybridized carbons (Fsp3) is 0.654. The number of aliphatic hydroxyl groups excluding tert-OH is 1. The van der Waals surface area contributed by atoms with Crippen LogP contribution in [0.25, 0.3) is 0 Å². The molecule has 8 heteroatoms. The quantitative estimate of drug-likeness (QED) is 0.257. The van der Waals surface area contributed by atoms with Gasteiger partial charge in [-0.3, -0.25) is 19.1 Å². The molecule has 1 saturated heterocycles. The third-order valence-corrected chi connectivity index (χ3v) is 7.99. The van der Waals surface area contributed by atoms with Gasteiger partial charge in [-0.25, -0.2) is 0 Å². The van der Waals surface area contributed by atoms with Gasteiger partial charge in [-0.2, -0.15) is 0 Å². The van der Waals surface area contributed by atoms with Gasteiger partial charge in [-0.1, -0.05) is 38.7 Å². The number of ether oxygens (including phenoxy) is 4. The largest absolute Gasteiger partial charge is 0.458 e. The van der Waals surface area contributed by atoms with Crippen LogP contribution in [-0.4, -0.2) is 47.8 Å². The van der Waals surface area contributed by atoms with Crippen LogP contribution in [0.2, 0.25) is 0 Å². The van der Waals surface area contributed by atoms with Gasteiger partial charge in [-0.05, 0) is 49.0 Å². The zero-order valence-corrected chi connectivity index (χ0v) is 20.7. The topological polar surface area (TPSA) is 108 Å². The van der Waals surface area contributed by atoms with Crippen LogP contribution in [0.1, 0.15) is 60.3 Å². The minimum Gasteiger partial charge on any atom is -0.458 e. The van der Waals surface area contributed by atoms with Gasteiger partial charge in [0.15, 0.2) is 0 Å². The number of carbonyl (C=O) groups is 3. The van der Waals surface area contributed by atoms with Gasteiger partial charge >= 0.3 is 17.9 Å². The molecule has 1 heterocycles. The van der Waals surface area contributed by atoms with E-state index < -0.39 is 48.1 Å². The molecule has 0 bridgehead atoms. The summed E-state index contributed by atoms with van der Waals surface area (Å²) in [4.78, 5) is 35.8. The molecule has 34 heavy (non-hydrogen) atoms. The second-order valence-corrected chi connectivity index (χ2v) is 10.0. The summed E-state index contributed by atoms with van der Waals surface area (Å²) in [5.74, 6) is -1.83. The Balaban J connectivity index is 2.20. The zero-order valence-electron chi connectivity index (χ0n) is 20.7. The highest BCUT2D eigenvalue weighted by molar-refractivity contribution is 5.68. The molecule has 0 amide bonds. The summed E-state index contributed by atoms with van der Waals surface area (Å²) in [5.41, 5.74) is -0.159. The highest BCUT2D eigenvalue weighted by Crippen LogP contribution is 2.67. The van der Waals surface area contributed by atoms with Crippen LogP contribution >= 0.6 is 0 Å². The summed E-state index contributed by atoms with van der Waals surface area (Å²) >= 11 is 0. The van der Waals surface area contributed by atoms with Crippen molar-refractivity contribution < 1.29 is 38.4 Å². The number of rotatable bonds is 7. The molecule has 1 saturated carbocycles. The molecule has 0 aromatic carbocycles. The van der Waals surface area contributed by atoms with E-state index in [1.165, 1.54) is 20.8 Å². The van der Waals surface area contributed by atoms with E-state index in [2.05, 4.69) is 27.0 Å². The molecule has 3 aliphatic rings. The van der Waals surface area contributed by atoms with Crippen molar-refractivity contribution in [2.45, 2.75) is 85.1 Å². The van der Waals surface area contributed by atoms with Crippen molar-refractivity contribution in [2.24, 2.45) is 22.7 Å². The van der Waals surface area contributed by atoms with Gasteiger partial charge in [0.1, 0.15) is 6.10 Å². The van der Waals surface area contributed by atoms with Crippen LogP contribution in [0.3, 0.4) is 0 Å². The molecule has 8 atom stereocenters. The van der Waals surface area contributed by atoms with Crippen molar-refractivity contribution in [3.05, 3.63) is 36.5 Å². The number of hydrogen-bond acceptors (Lipinski definition) is 8. The molecule has 0 unspecified atom stereocenters. The maximum absolute atomic E-state index is 12.1. The Bertz CT molecular complexity index is 906. The second kappa shape index (κ2) is 9.66. The van der Waals surface area contributed by atoms with Crippen LogP contribution in [0.15, 0.2) is 36.5 Å². The van der Waals surface area contributed by atoms with E-state index in [1.807, 2.05) is 0 Å². The summed E-state index contributed by atoms with van der Waals surface area (Å²) in [6, 6.07) is 0. The first-order chi connectivity index (χ1) is 15.9. The van der Waals surface area contributed by atoms with Crippen LogP contribution in [-0.2, 0) is 33.3 Å². The lowest BCUT2D eigenvalue weighted by Gasteiger charge is -2.60. The van der Waals surface area contributed by atoms with E-state index in [-0.39, 0.29) is 17.3 Å². The molecule has 0 aromatic rings. The molecule has 1 spiro atoms. The van der Waals surface area contributed by atoms with E-state index in [1.54, 1.807) is 12.2 Å². The number of aliphatic hydroxyl groups is 1. The molecular formula is C26H36O8. The maximum Gasteiger partial charge on any atom is 0.305 e. The van der Waals surface area contributed by atoms with E-state index in [9.17, 15) is 19.5 Å².